The highest BCUT2D eigenvalue weighted by molar-refractivity contribution is 4.97. The van der Waals surface area contributed by atoms with Gasteiger partial charge in [-0.3, -0.25) is 0 Å². The van der Waals surface area contributed by atoms with Crippen molar-refractivity contribution in [1.29, 1.82) is 0 Å². The molecule has 0 aliphatic rings. The Hall–Kier alpha value is -0.560. The SMILES string of the molecule is C#CC(C)(O)OCCOCCCCC.CCCCCCCC.[HH].[HH]. The van der Waals surface area contributed by atoms with E-state index in [1.54, 1.807) is 0 Å². The lowest BCUT2D eigenvalue weighted by Gasteiger charge is -2.16. The molecular weight excluding hydrogens is 276 g/mol. The van der Waals surface area contributed by atoms with Crippen molar-refractivity contribution >= 4 is 0 Å². The molecule has 0 aromatic carbocycles. The minimum Gasteiger partial charge on any atom is -0.379 e. The van der Waals surface area contributed by atoms with E-state index in [0.717, 1.165) is 13.0 Å². The molecule has 3 nitrogen and oxygen atoms in total. The normalized spacial score (nSPS) is 12.9. The van der Waals surface area contributed by atoms with E-state index < -0.39 is 5.79 Å². The van der Waals surface area contributed by atoms with E-state index in [4.69, 9.17) is 15.9 Å². The molecule has 0 aromatic heterocycles. The van der Waals surface area contributed by atoms with Gasteiger partial charge in [0.25, 0.3) is 0 Å². The van der Waals surface area contributed by atoms with Gasteiger partial charge in [-0.1, -0.05) is 72.1 Å². The zero-order valence-electron chi connectivity index (χ0n) is 15.3. The van der Waals surface area contributed by atoms with Crippen molar-refractivity contribution in [3.8, 4) is 12.3 Å². The Morgan fingerprint density at radius 3 is 1.82 bits per heavy atom. The molecule has 0 aromatic rings. The summed E-state index contributed by atoms with van der Waals surface area (Å²) >= 11 is 0. The first-order valence-corrected chi connectivity index (χ1v) is 8.95. The monoisotopic (exact) mass is 318 g/mol. The number of hydrogen-bond acceptors (Lipinski definition) is 3. The number of unbranched alkanes of at least 4 members (excludes halogenated alkanes) is 7. The molecule has 136 valence electrons. The highest BCUT2D eigenvalue weighted by Gasteiger charge is 2.15. The van der Waals surface area contributed by atoms with E-state index >= 15 is 0 Å². The van der Waals surface area contributed by atoms with Crippen molar-refractivity contribution in [2.45, 2.75) is 91.3 Å². The first kappa shape index (κ1) is 23.7. The summed E-state index contributed by atoms with van der Waals surface area (Å²) in [5, 5.41) is 9.25. The minimum atomic E-state index is -1.47. The molecule has 0 fully saturated rings. The van der Waals surface area contributed by atoms with E-state index in [-0.39, 0.29) is 2.85 Å². The minimum absolute atomic E-state index is 0. The lowest BCUT2D eigenvalue weighted by atomic mass is 10.1. The predicted molar refractivity (Wildman–Crippen MR) is 99.0 cm³/mol. The Bertz CT molecular complexity index is 247. The molecule has 22 heavy (non-hydrogen) atoms. The van der Waals surface area contributed by atoms with Gasteiger partial charge in [0.15, 0.2) is 0 Å². The van der Waals surface area contributed by atoms with Crippen molar-refractivity contribution in [3.05, 3.63) is 0 Å². The standard InChI is InChI=1S/C11H20O3.C8H18.2H2/c1-4-6-7-8-13-9-10-14-11(3,12)5-2;1-3-5-7-8-6-4-2;;/h2,12H,4,6-10H2,1,3H3;3-8H2,1-2H3;2*1H. The van der Waals surface area contributed by atoms with Crippen LogP contribution < -0.4 is 0 Å². The second-order valence-corrected chi connectivity index (χ2v) is 5.71. The van der Waals surface area contributed by atoms with Crippen LogP contribution in [0.1, 0.15) is 88.3 Å². The van der Waals surface area contributed by atoms with Gasteiger partial charge in [-0.05, 0) is 12.3 Å². The van der Waals surface area contributed by atoms with Gasteiger partial charge in [0.2, 0.25) is 5.79 Å². The maximum absolute atomic E-state index is 9.25. The van der Waals surface area contributed by atoms with E-state index in [9.17, 15) is 5.11 Å². The second kappa shape index (κ2) is 18.5. The number of rotatable bonds is 13. The molecule has 0 bridgehead atoms. The third-order valence-electron chi connectivity index (χ3n) is 3.23. The second-order valence-electron chi connectivity index (χ2n) is 5.71. The fraction of sp³-hybridized carbons (Fsp3) is 0.895. The van der Waals surface area contributed by atoms with Crippen LogP contribution in [0.2, 0.25) is 0 Å². The molecule has 0 heterocycles. The summed E-state index contributed by atoms with van der Waals surface area (Å²) in [5.74, 6) is 0.665. The van der Waals surface area contributed by atoms with Crippen LogP contribution in [-0.4, -0.2) is 30.7 Å². The molecule has 0 amide bonds. The third-order valence-corrected chi connectivity index (χ3v) is 3.23. The van der Waals surface area contributed by atoms with Gasteiger partial charge in [0.1, 0.15) is 0 Å². The molecule has 0 aliphatic carbocycles. The summed E-state index contributed by atoms with van der Waals surface area (Å²) in [7, 11) is 0. The quantitative estimate of drug-likeness (QED) is 0.280. The van der Waals surface area contributed by atoms with Gasteiger partial charge in [-0.2, -0.15) is 0 Å². The third kappa shape index (κ3) is 21.7. The van der Waals surface area contributed by atoms with Gasteiger partial charge in [0.05, 0.1) is 13.2 Å². The zero-order valence-corrected chi connectivity index (χ0v) is 15.3. The average Bonchev–Trinajstić information content (AvgIpc) is 2.51. The zero-order chi connectivity index (χ0) is 17.1. The number of aliphatic hydroxyl groups is 1. The summed E-state index contributed by atoms with van der Waals surface area (Å²) in [5.41, 5.74) is 0. The maximum Gasteiger partial charge on any atom is 0.227 e. The molecule has 0 spiro atoms. The van der Waals surface area contributed by atoms with Crippen LogP contribution in [0, 0.1) is 12.3 Å². The summed E-state index contributed by atoms with van der Waals surface area (Å²) in [6.45, 7) is 9.63. The van der Waals surface area contributed by atoms with Crippen molar-refractivity contribution < 1.29 is 17.4 Å². The first-order chi connectivity index (χ1) is 10.5. The van der Waals surface area contributed by atoms with Gasteiger partial charge >= 0.3 is 0 Å². The van der Waals surface area contributed by atoms with Crippen molar-refractivity contribution in [2.75, 3.05) is 19.8 Å². The van der Waals surface area contributed by atoms with Crippen LogP contribution in [0.4, 0.5) is 0 Å². The van der Waals surface area contributed by atoms with Crippen molar-refractivity contribution in [3.63, 3.8) is 0 Å². The number of ether oxygens (including phenoxy) is 2. The summed E-state index contributed by atoms with van der Waals surface area (Å²) in [6.07, 6.45) is 17.0. The van der Waals surface area contributed by atoms with Crippen LogP contribution in [0.5, 0.6) is 0 Å². The van der Waals surface area contributed by atoms with Gasteiger partial charge in [0, 0.05) is 16.4 Å². The summed E-state index contributed by atoms with van der Waals surface area (Å²) in [6, 6.07) is 0. The topological polar surface area (TPSA) is 38.7 Å². The van der Waals surface area contributed by atoms with E-state index in [1.165, 1.54) is 58.3 Å². The van der Waals surface area contributed by atoms with Crippen molar-refractivity contribution in [2.24, 2.45) is 0 Å². The van der Waals surface area contributed by atoms with Crippen LogP contribution in [0.3, 0.4) is 0 Å². The van der Waals surface area contributed by atoms with Gasteiger partial charge < -0.3 is 14.6 Å². The highest BCUT2D eigenvalue weighted by Crippen LogP contribution is 2.03. The van der Waals surface area contributed by atoms with Crippen LogP contribution >= 0.6 is 0 Å². The number of terminal acetylenes is 1. The Balaban J connectivity index is -0.000000174. The number of hydrogen-bond donors (Lipinski definition) is 1. The molecule has 1 N–H and O–H groups in total. The molecular formula is C19H42O3. The molecule has 0 radical (unpaired) electrons. The van der Waals surface area contributed by atoms with Gasteiger partial charge in [-0.25, -0.2) is 0 Å². The van der Waals surface area contributed by atoms with E-state index in [2.05, 4.69) is 26.7 Å². The lowest BCUT2D eigenvalue weighted by molar-refractivity contribution is -0.154. The van der Waals surface area contributed by atoms with E-state index in [1.807, 2.05) is 0 Å². The molecule has 0 saturated heterocycles. The van der Waals surface area contributed by atoms with Crippen molar-refractivity contribution in [1.82, 2.24) is 0 Å². The molecule has 0 aliphatic heterocycles. The van der Waals surface area contributed by atoms with Crippen LogP contribution in [0.15, 0.2) is 0 Å². The largest absolute Gasteiger partial charge is 0.379 e. The first-order valence-electron chi connectivity index (χ1n) is 8.95. The Morgan fingerprint density at radius 1 is 0.864 bits per heavy atom. The average molecular weight is 319 g/mol. The molecule has 1 unspecified atom stereocenters. The van der Waals surface area contributed by atoms with E-state index in [0.29, 0.717) is 13.2 Å². The molecule has 1 atom stereocenters. The molecule has 0 rings (SSSR count). The summed E-state index contributed by atoms with van der Waals surface area (Å²) in [4.78, 5) is 0. The fourth-order valence-electron chi connectivity index (χ4n) is 1.75. The molecule has 3 heteroatoms. The Kier molecular flexibility index (Phi) is 19.9. The van der Waals surface area contributed by atoms with Crippen LogP contribution in [0.25, 0.3) is 0 Å². The lowest BCUT2D eigenvalue weighted by Crippen LogP contribution is -2.27. The fourth-order valence-corrected chi connectivity index (χ4v) is 1.75. The predicted octanol–water partition coefficient (Wildman–Crippen LogP) is 5.41. The highest BCUT2D eigenvalue weighted by atomic mass is 16.6. The molecule has 0 saturated carbocycles. The Morgan fingerprint density at radius 2 is 1.36 bits per heavy atom. The smallest absolute Gasteiger partial charge is 0.227 e. The van der Waals surface area contributed by atoms with Crippen LogP contribution in [-0.2, 0) is 9.47 Å². The van der Waals surface area contributed by atoms with Gasteiger partial charge in [-0.15, -0.1) is 6.42 Å². The Labute approximate surface area is 141 Å². The maximum atomic E-state index is 9.25. The summed E-state index contributed by atoms with van der Waals surface area (Å²) < 4.78 is 10.3.